The second-order valence-corrected chi connectivity index (χ2v) is 5.50. The van der Waals surface area contributed by atoms with Crippen molar-refractivity contribution < 1.29 is 0 Å². The highest BCUT2D eigenvalue weighted by atomic mass is 32.1. The Balaban J connectivity index is 0.00000121. The van der Waals surface area contributed by atoms with Gasteiger partial charge < -0.3 is 0 Å². The SMILES string of the molecule is CCCC(C)(C)C(C)(C)n1cc(C)nn1.NS. The summed E-state index contributed by atoms with van der Waals surface area (Å²) in [6.07, 6.45) is 4.42. The van der Waals surface area contributed by atoms with E-state index in [-0.39, 0.29) is 11.0 Å². The minimum Gasteiger partial charge on any atom is -0.281 e. The van der Waals surface area contributed by atoms with Crippen LogP contribution < -0.4 is 5.14 Å². The van der Waals surface area contributed by atoms with Crippen molar-refractivity contribution in [2.75, 3.05) is 0 Å². The first-order valence-electron chi connectivity index (χ1n) is 5.96. The van der Waals surface area contributed by atoms with Crippen LogP contribution >= 0.6 is 12.8 Å². The van der Waals surface area contributed by atoms with Gasteiger partial charge in [-0.2, -0.15) is 0 Å². The number of rotatable bonds is 4. The zero-order chi connectivity index (χ0) is 13.7. The summed E-state index contributed by atoms with van der Waals surface area (Å²) < 4.78 is 2.00. The molecule has 1 rings (SSSR count). The van der Waals surface area contributed by atoms with E-state index in [0.29, 0.717) is 0 Å². The summed E-state index contributed by atoms with van der Waals surface area (Å²) in [5.74, 6) is 0. The molecule has 0 aliphatic carbocycles. The van der Waals surface area contributed by atoms with Crippen LogP contribution in [0.3, 0.4) is 0 Å². The van der Waals surface area contributed by atoms with Crippen molar-refractivity contribution >= 4 is 12.8 Å². The molecular weight excluding hydrogens is 232 g/mol. The molecule has 0 spiro atoms. The fraction of sp³-hybridized carbons (Fsp3) is 0.833. The maximum atomic E-state index is 4.20. The molecule has 0 saturated carbocycles. The fourth-order valence-electron chi connectivity index (χ4n) is 1.86. The second-order valence-electron chi connectivity index (χ2n) is 5.50. The normalized spacial score (nSPS) is 12.0. The molecular formula is C12H26N4S. The van der Waals surface area contributed by atoms with Crippen molar-refractivity contribution in [1.82, 2.24) is 15.0 Å². The van der Waals surface area contributed by atoms with Gasteiger partial charge in [0, 0.05) is 6.20 Å². The first-order chi connectivity index (χ1) is 7.81. The van der Waals surface area contributed by atoms with E-state index in [1.807, 2.05) is 17.8 Å². The van der Waals surface area contributed by atoms with Crippen LogP contribution in [0.15, 0.2) is 6.20 Å². The van der Waals surface area contributed by atoms with Crippen LogP contribution in [0.5, 0.6) is 0 Å². The molecule has 100 valence electrons. The van der Waals surface area contributed by atoms with Gasteiger partial charge in [-0.15, -0.1) is 17.9 Å². The van der Waals surface area contributed by atoms with Crippen LogP contribution in [-0.4, -0.2) is 15.0 Å². The van der Waals surface area contributed by atoms with Crippen LogP contribution in [0, 0.1) is 12.3 Å². The smallest absolute Gasteiger partial charge is 0.0796 e. The van der Waals surface area contributed by atoms with Gasteiger partial charge in [0.05, 0.1) is 11.2 Å². The maximum absolute atomic E-state index is 4.20. The van der Waals surface area contributed by atoms with Crippen molar-refractivity contribution in [3.8, 4) is 0 Å². The standard InChI is InChI=1S/C12H23N3.H3NS/c1-7-8-11(3,4)12(5,6)15-9-10(2)13-14-15;1-2/h9H,7-8H2,1-6H3;2H,1H2. The zero-order valence-corrected chi connectivity index (χ0v) is 12.8. The number of hydrogen-bond donors (Lipinski definition) is 2. The largest absolute Gasteiger partial charge is 0.281 e. The molecule has 4 nitrogen and oxygen atoms in total. The van der Waals surface area contributed by atoms with E-state index in [9.17, 15) is 0 Å². The number of thiol groups is 1. The summed E-state index contributed by atoms with van der Waals surface area (Å²) in [7, 11) is 0. The van der Waals surface area contributed by atoms with E-state index in [4.69, 9.17) is 0 Å². The summed E-state index contributed by atoms with van der Waals surface area (Å²) in [4.78, 5) is 0. The lowest BCUT2D eigenvalue weighted by Gasteiger charge is -2.41. The Labute approximate surface area is 111 Å². The van der Waals surface area contributed by atoms with Crippen LogP contribution in [0.2, 0.25) is 0 Å². The van der Waals surface area contributed by atoms with Gasteiger partial charge in [0.2, 0.25) is 0 Å². The van der Waals surface area contributed by atoms with E-state index < -0.39 is 0 Å². The van der Waals surface area contributed by atoms with E-state index in [1.165, 1.54) is 12.8 Å². The van der Waals surface area contributed by atoms with Gasteiger partial charge in [-0.05, 0) is 32.6 Å². The van der Waals surface area contributed by atoms with Crippen molar-refractivity contribution in [2.45, 2.75) is 59.9 Å². The third-order valence-corrected chi connectivity index (χ3v) is 3.71. The zero-order valence-electron chi connectivity index (χ0n) is 11.9. The van der Waals surface area contributed by atoms with E-state index in [2.05, 4.69) is 62.9 Å². The maximum Gasteiger partial charge on any atom is 0.0796 e. The molecule has 1 aromatic heterocycles. The molecule has 1 heterocycles. The molecule has 2 N–H and O–H groups in total. The Morgan fingerprint density at radius 3 is 2.18 bits per heavy atom. The quantitative estimate of drug-likeness (QED) is 0.816. The Hall–Kier alpha value is -0.550. The van der Waals surface area contributed by atoms with Gasteiger partial charge in [0.15, 0.2) is 0 Å². The molecule has 0 radical (unpaired) electrons. The predicted octanol–water partition coefficient (Wildman–Crippen LogP) is 2.94. The molecule has 0 unspecified atom stereocenters. The molecule has 1 aromatic rings. The van der Waals surface area contributed by atoms with Crippen LogP contribution in [0.25, 0.3) is 0 Å². The first-order valence-corrected chi connectivity index (χ1v) is 6.48. The molecule has 17 heavy (non-hydrogen) atoms. The van der Waals surface area contributed by atoms with Crippen molar-refractivity contribution in [3.63, 3.8) is 0 Å². The minimum atomic E-state index is 0.00424. The molecule has 0 atom stereocenters. The summed E-state index contributed by atoms with van der Waals surface area (Å²) in [5.41, 5.74) is 1.21. The van der Waals surface area contributed by atoms with E-state index in [0.717, 1.165) is 5.69 Å². The van der Waals surface area contributed by atoms with Crippen LogP contribution in [-0.2, 0) is 5.54 Å². The van der Waals surface area contributed by atoms with Gasteiger partial charge >= 0.3 is 0 Å². The molecule has 5 heteroatoms. The average molecular weight is 258 g/mol. The summed E-state index contributed by atoms with van der Waals surface area (Å²) in [6, 6.07) is 0. The summed E-state index contributed by atoms with van der Waals surface area (Å²) in [6.45, 7) is 13.3. The fourth-order valence-corrected chi connectivity index (χ4v) is 1.86. The second kappa shape index (κ2) is 6.40. The summed E-state index contributed by atoms with van der Waals surface area (Å²) in [5, 5.41) is 12.5. The van der Waals surface area contributed by atoms with Gasteiger partial charge in [-0.1, -0.05) is 32.4 Å². The van der Waals surface area contributed by atoms with Crippen molar-refractivity contribution in [3.05, 3.63) is 11.9 Å². The first kappa shape index (κ1) is 16.4. The highest BCUT2D eigenvalue weighted by Gasteiger charge is 2.38. The highest BCUT2D eigenvalue weighted by Crippen LogP contribution is 2.40. The van der Waals surface area contributed by atoms with Crippen LogP contribution in [0.4, 0.5) is 0 Å². The Kier molecular flexibility index (Phi) is 6.19. The lowest BCUT2D eigenvalue weighted by molar-refractivity contribution is 0.0905. The number of nitrogens with two attached hydrogens (primary N) is 1. The average Bonchev–Trinajstić information content (AvgIpc) is 2.68. The third kappa shape index (κ3) is 3.71. The summed E-state index contributed by atoms with van der Waals surface area (Å²) >= 11 is 3.03. The molecule has 0 saturated heterocycles. The molecule has 0 aliphatic heterocycles. The molecule has 0 amide bonds. The molecule has 0 fully saturated rings. The van der Waals surface area contributed by atoms with Crippen molar-refractivity contribution in [2.24, 2.45) is 10.6 Å². The van der Waals surface area contributed by atoms with Gasteiger partial charge in [-0.25, -0.2) is 4.68 Å². The van der Waals surface area contributed by atoms with Gasteiger partial charge in [0.25, 0.3) is 0 Å². The van der Waals surface area contributed by atoms with E-state index in [1.54, 1.807) is 0 Å². The van der Waals surface area contributed by atoms with Crippen LogP contribution in [0.1, 0.15) is 53.2 Å². The Bertz CT molecular complexity index is 331. The lowest BCUT2D eigenvalue weighted by atomic mass is 9.71. The number of aryl methyl sites for hydroxylation is 1. The monoisotopic (exact) mass is 258 g/mol. The van der Waals surface area contributed by atoms with Crippen molar-refractivity contribution in [1.29, 1.82) is 0 Å². The Morgan fingerprint density at radius 1 is 1.29 bits per heavy atom. The topological polar surface area (TPSA) is 56.7 Å². The van der Waals surface area contributed by atoms with Gasteiger partial charge in [-0.3, -0.25) is 5.14 Å². The molecule has 0 aromatic carbocycles. The van der Waals surface area contributed by atoms with Gasteiger partial charge in [0.1, 0.15) is 0 Å². The number of aromatic nitrogens is 3. The molecule has 0 bridgehead atoms. The lowest BCUT2D eigenvalue weighted by Crippen LogP contribution is -2.42. The molecule has 0 aliphatic rings. The number of hydrogen-bond acceptors (Lipinski definition) is 4. The Morgan fingerprint density at radius 2 is 1.82 bits per heavy atom. The van der Waals surface area contributed by atoms with E-state index >= 15 is 0 Å². The highest BCUT2D eigenvalue weighted by molar-refractivity contribution is 7.77. The third-order valence-electron chi connectivity index (χ3n) is 3.71. The minimum absolute atomic E-state index is 0.00424. The predicted molar refractivity (Wildman–Crippen MR) is 75.9 cm³/mol. The number of nitrogens with zero attached hydrogens (tertiary/aromatic N) is 3.